The quantitative estimate of drug-likeness (QED) is 0.776. The first kappa shape index (κ1) is 13.6. The Balaban J connectivity index is 2.25. The zero-order valence-electron chi connectivity index (χ0n) is 11.5. The minimum atomic E-state index is 0.0767. The number of nitrogens with zero attached hydrogens (tertiary/aromatic N) is 3. The average Bonchev–Trinajstić information content (AvgIpc) is 2.39. The first-order valence-electron chi connectivity index (χ1n) is 6.55. The summed E-state index contributed by atoms with van der Waals surface area (Å²) < 4.78 is 0. The summed E-state index contributed by atoms with van der Waals surface area (Å²) in [6, 6.07) is 10.1. The second-order valence-corrected chi connectivity index (χ2v) is 5.08. The van der Waals surface area contributed by atoms with E-state index in [0.717, 1.165) is 30.9 Å². The summed E-state index contributed by atoms with van der Waals surface area (Å²) in [6.07, 6.45) is 0.509. The number of benzene rings is 1. The van der Waals surface area contributed by atoms with Gasteiger partial charge < -0.3 is 9.80 Å². The van der Waals surface area contributed by atoms with E-state index in [1.165, 1.54) is 0 Å². The minimum absolute atomic E-state index is 0.0767. The Morgan fingerprint density at radius 2 is 2.26 bits per heavy atom. The van der Waals surface area contributed by atoms with E-state index >= 15 is 0 Å². The number of anilines is 1. The van der Waals surface area contributed by atoms with Crippen LogP contribution in [0.25, 0.3) is 0 Å². The van der Waals surface area contributed by atoms with E-state index in [2.05, 4.69) is 22.9 Å². The lowest BCUT2D eigenvalue weighted by atomic mass is 10.1. The fraction of sp³-hybridized carbons (Fsp3) is 0.467. The van der Waals surface area contributed by atoms with Crippen molar-refractivity contribution in [1.82, 2.24) is 4.90 Å². The molecule has 1 fully saturated rings. The fourth-order valence-electron chi connectivity index (χ4n) is 2.53. The molecule has 1 aromatic rings. The molecular formula is C15H19N3O. The third kappa shape index (κ3) is 3.12. The Labute approximate surface area is 114 Å². The second kappa shape index (κ2) is 5.85. The smallest absolute Gasteiger partial charge is 0.159 e. The van der Waals surface area contributed by atoms with Crippen LogP contribution < -0.4 is 4.90 Å². The van der Waals surface area contributed by atoms with Crippen molar-refractivity contribution >= 4 is 11.5 Å². The molecule has 1 heterocycles. The molecule has 2 rings (SSSR count). The third-order valence-electron chi connectivity index (χ3n) is 3.60. The van der Waals surface area contributed by atoms with Crippen LogP contribution in [0.15, 0.2) is 24.3 Å². The monoisotopic (exact) mass is 257 g/mol. The van der Waals surface area contributed by atoms with Crippen LogP contribution in [0.1, 0.15) is 23.7 Å². The molecule has 0 radical (unpaired) electrons. The molecule has 4 heteroatoms. The van der Waals surface area contributed by atoms with Gasteiger partial charge in [-0.15, -0.1) is 0 Å². The van der Waals surface area contributed by atoms with Crippen molar-refractivity contribution in [3.8, 4) is 6.07 Å². The Morgan fingerprint density at radius 3 is 2.95 bits per heavy atom. The van der Waals surface area contributed by atoms with Gasteiger partial charge in [0.15, 0.2) is 5.78 Å². The number of hydrogen-bond donors (Lipinski definition) is 0. The normalized spacial score (nSPS) is 20.1. The molecule has 0 spiro atoms. The topological polar surface area (TPSA) is 47.3 Å². The highest BCUT2D eigenvalue weighted by atomic mass is 16.1. The largest absolute Gasteiger partial charge is 0.365 e. The Kier molecular flexibility index (Phi) is 4.18. The maximum atomic E-state index is 11.5. The van der Waals surface area contributed by atoms with Crippen LogP contribution in [0, 0.1) is 11.3 Å². The number of nitriles is 1. The standard InChI is InChI=1S/C15H19N3O/c1-12(19)13-4-3-5-14(10-13)18-9-8-17(2)11-15(18)6-7-16/h3-5,10,15H,6,8-9,11H2,1-2H3. The lowest BCUT2D eigenvalue weighted by molar-refractivity contribution is 0.101. The van der Waals surface area contributed by atoms with Gasteiger partial charge in [0.2, 0.25) is 0 Å². The van der Waals surface area contributed by atoms with Crippen LogP contribution in [-0.4, -0.2) is 43.4 Å². The summed E-state index contributed by atoms with van der Waals surface area (Å²) in [5.41, 5.74) is 1.77. The molecule has 19 heavy (non-hydrogen) atoms. The van der Waals surface area contributed by atoms with E-state index in [1.54, 1.807) is 6.92 Å². The molecule has 0 N–H and O–H groups in total. The van der Waals surface area contributed by atoms with Crippen molar-refractivity contribution in [2.75, 3.05) is 31.6 Å². The van der Waals surface area contributed by atoms with E-state index in [0.29, 0.717) is 6.42 Å². The number of Topliss-reactive ketones (excluding diaryl/α,β-unsaturated/α-hetero) is 1. The number of likely N-dealkylation sites (N-methyl/N-ethyl adjacent to an activating group) is 1. The fourth-order valence-corrected chi connectivity index (χ4v) is 2.53. The lowest BCUT2D eigenvalue weighted by Gasteiger charge is -2.40. The molecule has 100 valence electrons. The van der Waals surface area contributed by atoms with Crippen LogP contribution >= 0.6 is 0 Å². The molecule has 1 atom stereocenters. The van der Waals surface area contributed by atoms with Crippen LogP contribution in [0.5, 0.6) is 0 Å². The van der Waals surface area contributed by atoms with Crippen LogP contribution in [0.3, 0.4) is 0 Å². The van der Waals surface area contributed by atoms with Crippen molar-refractivity contribution < 1.29 is 4.79 Å². The Hall–Kier alpha value is -1.86. The van der Waals surface area contributed by atoms with Gasteiger partial charge in [0, 0.05) is 30.9 Å². The zero-order valence-corrected chi connectivity index (χ0v) is 11.5. The SMILES string of the molecule is CC(=O)c1cccc(N2CCN(C)CC2CC#N)c1. The van der Waals surface area contributed by atoms with Gasteiger partial charge in [-0.25, -0.2) is 0 Å². The number of ketones is 1. The van der Waals surface area contributed by atoms with E-state index in [-0.39, 0.29) is 11.8 Å². The third-order valence-corrected chi connectivity index (χ3v) is 3.60. The van der Waals surface area contributed by atoms with Crippen molar-refractivity contribution in [2.24, 2.45) is 0 Å². The Bertz CT molecular complexity index is 506. The molecule has 1 aromatic carbocycles. The highest BCUT2D eigenvalue weighted by Crippen LogP contribution is 2.23. The first-order valence-corrected chi connectivity index (χ1v) is 6.55. The van der Waals surface area contributed by atoms with Gasteiger partial charge in [-0.3, -0.25) is 4.79 Å². The summed E-state index contributed by atoms with van der Waals surface area (Å²) in [7, 11) is 2.08. The van der Waals surface area contributed by atoms with Gasteiger partial charge in [0.05, 0.1) is 18.5 Å². The minimum Gasteiger partial charge on any atom is -0.365 e. The van der Waals surface area contributed by atoms with Crippen molar-refractivity contribution in [3.05, 3.63) is 29.8 Å². The predicted molar refractivity (Wildman–Crippen MR) is 75.3 cm³/mol. The maximum Gasteiger partial charge on any atom is 0.159 e. The molecule has 0 bridgehead atoms. The van der Waals surface area contributed by atoms with Gasteiger partial charge in [-0.1, -0.05) is 12.1 Å². The molecule has 1 aliphatic heterocycles. The van der Waals surface area contributed by atoms with Crippen molar-refractivity contribution in [3.63, 3.8) is 0 Å². The number of carbonyl (C=O) groups excluding carboxylic acids is 1. The van der Waals surface area contributed by atoms with E-state index in [9.17, 15) is 4.79 Å². The molecule has 4 nitrogen and oxygen atoms in total. The van der Waals surface area contributed by atoms with Gasteiger partial charge in [-0.05, 0) is 26.1 Å². The van der Waals surface area contributed by atoms with Crippen LogP contribution in [0.4, 0.5) is 5.69 Å². The highest BCUT2D eigenvalue weighted by molar-refractivity contribution is 5.95. The summed E-state index contributed by atoms with van der Waals surface area (Å²) in [5, 5.41) is 8.96. The molecule has 1 unspecified atom stereocenters. The molecule has 0 saturated carbocycles. The van der Waals surface area contributed by atoms with Crippen LogP contribution in [0.2, 0.25) is 0 Å². The first-order chi connectivity index (χ1) is 9.11. The number of rotatable bonds is 3. The lowest BCUT2D eigenvalue weighted by Crippen LogP contribution is -2.51. The summed E-state index contributed by atoms with van der Waals surface area (Å²) in [6.45, 7) is 4.34. The van der Waals surface area contributed by atoms with E-state index < -0.39 is 0 Å². The van der Waals surface area contributed by atoms with Gasteiger partial charge in [0.1, 0.15) is 0 Å². The van der Waals surface area contributed by atoms with Gasteiger partial charge in [0.25, 0.3) is 0 Å². The summed E-state index contributed by atoms with van der Waals surface area (Å²) in [4.78, 5) is 15.9. The number of piperazine rings is 1. The molecule has 0 amide bonds. The average molecular weight is 257 g/mol. The van der Waals surface area contributed by atoms with Gasteiger partial charge in [-0.2, -0.15) is 5.26 Å². The van der Waals surface area contributed by atoms with Crippen molar-refractivity contribution in [1.29, 1.82) is 5.26 Å². The molecule has 0 aliphatic carbocycles. The predicted octanol–water partition coefficient (Wildman–Crippen LogP) is 1.92. The van der Waals surface area contributed by atoms with Crippen molar-refractivity contribution in [2.45, 2.75) is 19.4 Å². The van der Waals surface area contributed by atoms with Crippen LogP contribution in [-0.2, 0) is 0 Å². The number of hydrogen-bond acceptors (Lipinski definition) is 4. The molecule has 0 aromatic heterocycles. The van der Waals surface area contributed by atoms with Gasteiger partial charge >= 0.3 is 0 Å². The van der Waals surface area contributed by atoms with E-state index in [1.807, 2.05) is 24.3 Å². The Morgan fingerprint density at radius 1 is 1.47 bits per heavy atom. The maximum absolute atomic E-state index is 11.5. The molecular weight excluding hydrogens is 238 g/mol. The number of carbonyl (C=O) groups is 1. The molecule has 1 aliphatic rings. The zero-order chi connectivity index (χ0) is 13.8. The molecule has 1 saturated heterocycles. The second-order valence-electron chi connectivity index (χ2n) is 5.08. The summed E-state index contributed by atoms with van der Waals surface area (Å²) >= 11 is 0. The summed E-state index contributed by atoms with van der Waals surface area (Å²) in [5.74, 6) is 0.0767. The highest BCUT2D eigenvalue weighted by Gasteiger charge is 2.25. The van der Waals surface area contributed by atoms with E-state index in [4.69, 9.17) is 5.26 Å².